The number of rotatable bonds is 18. The maximum absolute atomic E-state index is 15.1. The predicted molar refractivity (Wildman–Crippen MR) is 338 cm³/mol. The molecule has 4 N–H and O–H groups in total. The van der Waals surface area contributed by atoms with Crippen molar-refractivity contribution in [2.75, 3.05) is 85.9 Å². The second kappa shape index (κ2) is 25.8. The minimum atomic E-state index is -1.13. The lowest BCUT2D eigenvalue weighted by atomic mass is 9.82. The van der Waals surface area contributed by atoms with Crippen LogP contribution in [0.15, 0.2) is 77.9 Å². The number of thiazole rings is 1. The van der Waals surface area contributed by atoms with Crippen molar-refractivity contribution in [2.24, 2.45) is 4.99 Å². The number of piperazine rings is 1. The molecule has 7 aromatic rings. The second-order valence-electron chi connectivity index (χ2n) is 23.4. The lowest BCUT2D eigenvalue weighted by Gasteiger charge is -2.36. The number of nitrogens with zero attached hydrogens (tertiary/aromatic N) is 8. The van der Waals surface area contributed by atoms with Crippen LogP contribution in [0.25, 0.3) is 5.57 Å². The Morgan fingerprint density at radius 3 is 2.41 bits per heavy atom. The van der Waals surface area contributed by atoms with Crippen molar-refractivity contribution < 1.29 is 37.8 Å². The number of ether oxygens (including phenoxy) is 1. The van der Waals surface area contributed by atoms with Gasteiger partial charge in [0, 0.05) is 116 Å². The molecule has 21 heteroatoms. The van der Waals surface area contributed by atoms with Crippen LogP contribution in [-0.2, 0) is 37.0 Å². The van der Waals surface area contributed by atoms with Gasteiger partial charge in [-0.3, -0.25) is 24.3 Å². The van der Waals surface area contributed by atoms with E-state index in [1.165, 1.54) is 64.9 Å². The number of anilines is 5. The monoisotopic (exact) mass is 1230 g/mol. The number of carboxylic acid groups (broad SMARTS) is 1. The molecule has 88 heavy (non-hydrogen) atoms. The normalized spacial score (nSPS) is 15.2. The van der Waals surface area contributed by atoms with E-state index in [4.69, 9.17) is 26.3 Å². The molecule has 5 aromatic carbocycles. The first-order valence-electron chi connectivity index (χ1n) is 30.4. The van der Waals surface area contributed by atoms with Crippen molar-refractivity contribution in [3.63, 3.8) is 0 Å². The Morgan fingerprint density at radius 1 is 0.830 bits per heavy atom. The quantitative estimate of drug-likeness (QED) is 0.0634. The average molecular weight is 1230 g/mol. The van der Waals surface area contributed by atoms with E-state index in [0.29, 0.717) is 81.2 Å². The number of unbranched alkanes of at least 4 members (excludes halogenated alkanes) is 1. The molecular weight excluding hydrogens is 1160 g/mol. The number of fused-ring (bicyclic) bond motifs is 5. The smallest absolute Gasteiger partial charge is 0.336 e. The van der Waals surface area contributed by atoms with Gasteiger partial charge in [0.05, 0.1) is 34.4 Å². The molecule has 0 bridgehead atoms. The van der Waals surface area contributed by atoms with Crippen molar-refractivity contribution in [2.45, 2.75) is 98.4 Å². The minimum absolute atomic E-state index is 0.00108. The number of amides is 3. The van der Waals surface area contributed by atoms with Crippen LogP contribution in [0.1, 0.15) is 132 Å². The van der Waals surface area contributed by atoms with Crippen LogP contribution in [-0.4, -0.2) is 119 Å². The van der Waals surface area contributed by atoms with E-state index in [-0.39, 0.29) is 60.2 Å². The van der Waals surface area contributed by atoms with E-state index < -0.39 is 23.5 Å². The molecule has 0 radical (unpaired) electrons. The SMILES string of the molecule is CCCCc1cc2c(c3c1=NCCC3)Oc1c(cc3c4c1CCCN4CCCC3)C=2c1cc(C(=O)NCCN(Cc2cc(F)c(C)c(F)c2)C(=O)CN2CCN(c3cc(Nc4ncc(C(=O)Nc5c(C)cccc5Cl)s4)nc(C)n3)CC2)ccc1C(=O)O. The van der Waals surface area contributed by atoms with Gasteiger partial charge < -0.3 is 40.5 Å². The summed E-state index contributed by atoms with van der Waals surface area (Å²) in [5, 5.41) is 22.8. The predicted octanol–water partition coefficient (Wildman–Crippen LogP) is 10.4. The molecule has 456 valence electrons. The molecule has 12 rings (SSSR count). The number of aromatic carboxylic acids is 1. The zero-order valence-electron chi connectivity index (χ0n) is 49.9. The molecule has 0 atom stereocenters. The summed E-state index contributed by atoms with van der Waals surface area (Å²) in [6.07, 6.45) is 10.6. The molecule has 5 aliphatic rings. The molecule has 3 amide bonds. The Morgan fingerprint density at radius 2 is 1.62 bits per heavy atom. The number of aromatic nitrogens is 3. The number of para-hydroxylation sites is 1. The highest BCUT2D eigenvalue weighted by Gasteiger charge is 2.35. The van der Waals surface area contributed by atoms with E-state index >= 15 is 8.78 Å². The van der Waals surface area contributed by atoms with Gasteiger partial charge in [0.15, 0.2) is 5.13 Å². The molecule has 0 spiro atoms. The maximum Gasteiger partial charge on any atom is 0.336 e. The summed E-state index contributed by atoms with van der Waals surface area (Å²) in [6.45, 7) is 11.7. The lowest BCUT2D eigenvalue weighted by molar-refractivity contribution is -0.133. The third-order valence-electron chi connectivity index (χ3n) is 17.4. The number of aryl methyl sites for hydroxylation is 4. The van der Waals surface area contributed by atoms with Crippen LogP contribution >= 0.6 is 22.9 Å². The van der Waals surface area contributed by atoms with Crippen LogP contribution in [0.3, 0.4) is 0 Å². The summed E-state index contributed by atoms with van der Waals surface area (Å²) in [7, 11) is 0. The summed E-state index contributed by atoms with van der Waals surface area (Å²) in [6, 6.07) is 18.7. The fourth-order valence-electron chi connectivity index (χ4n) is 12.8. The third kappa shape index (κ3) is 12.4. The van der Waals surface area contributed by atoms with Crippen molar-refractivity contribution in [3.05, 3.63) is 172 Å². The highest BCUT2D eigenvalue weighted by molar-refractivity contribution is 7.17. The molecule has 7 heterocycles. The Bertz CT molecular complexity index is 4030. The highest BCUT2D eigenvalue weighted by atomic mass is 35.5. The summed E-state index contributed by atoms with van der Waals surface area (Å²) < 4.78 is 37.3. The zero-order chi connectivity index (χ0) is 61.3. The number of hydrogen-bond donors (Lipinski definition) is 4. The number of carbonyl (C=O) groups is 4. The Labute approximate surface area is 518 Å². The molecule has 5 aliphatic heterocycles. The molecule has 0 saturated carbocycles. The van der Waals surface area contributed by atoms with E-state index in [1.54, 1.807) is 19.1 Å². The van der Waals surface area contributed by atoms with Crippen LogP contribution in [0.5, 0.6) is 11.5 Å². The first kappa shape index (κ1) is 60.0. The fraction of sp³-hybridized carbons (Fsp3) is 0.373. The standard InChI is InChI=1S/C67H70ClF2N11O6S/c1-5-6-13-42-31-49-58(50-32-43-14-7-8-22-80-23-11-16-47(61(43)80)63(50)87-62(49)46-15-10-20-71-60(42)46)48-33-44(18-19-45(48)66(85)86)64(83)72-21-24-81(36-41-29-52(69)39(3)53(70)30-41)57(82)37-78-25-27-79(28-26-78)56-34-55(74-40(4)75-56)76-67-73-35-54(88-67)65(84)77-59-38(2)12-9-17-51(59)68/h9,12,17-19,29-35H,5-8,10-11,13-16,20-28,36-37H2,1-4H3,(H,72,83)(H,77,84)(H,85,86)(H,73,74,75,76). The van der Waals surface area contributed by atoms with Crippen LogP contribution in [0.4, 0.5) is 36.9 Å². The van der Waals surface area contributed by atoms with Gasteiger partial charge >= 0.3 is 5.97 Å². The van der Waals surface area contributed by atoms with Gasteiger partial charge in [-0.1, -0.05) is 48.4 Å². The van der Waals surface area contributed by atoms with Crippen molar-refractivity contribution >= 4 is 80.3 Å². The minimum Gasteiger partial charge on any atom is -0.478 e. The molecule has 17 nitrogen and oxygen atoms in total. The maximum atomic E-state index is 15.1. The molecule has 0 unspecified atom stereocenters. The van der Waals surface area contributed by atoms with Gasteiger partial charge in [-0.2, -0.15) is 0 Å². The van der Waals surface area contributed by atoms with Crippen molar-refractivity contribution in [3.8, 4) is 11.5 Å². The molecule has 1 fully saturated rings. The van der Waals surface area contributed by atoms with E-state index in [2.05, 4.69) is 54.8 Å². The lowest BCUT2D eigenvalue weighted by Crippen LogP contribution is -2.51. The summed E-state index contributed by atoms with van der Waals surface area (Å²) in [5.74, 6) is -0.605. The molecule has 0 aliphatic carbocycles. The number of carbonyl (C=O) groups excluding carboxylic acids is 3. The number of benzene rings is 5. The molecule has 1 saturated heterocycles. The van der Waals surface area contributed by atoms with Crippen LogP contribution in [0, 0.1) is 32.4 Å². The van der Waals surface area contributed by atoms with Gasteiger partial charge in [0.2, 0.25) is 5.91 Å². The zero-order valence-corrected chi connectivity index (χ0v) is 51.5. The fourth-order valence-corrected chi connectivity index (χ4v) is 13.8. The number of nitrogens with one attached hydrogen (secondary N) is 3. The molecule has 2 aromatic heterocycles. The first-order chi connectivity index (χ1) is 42.6. The van der Waals surface area contributed by atoms with E-state index in [9.17, 15) is 24.3 Å². The van der Waals surface area contributed by atoms with Gasteiger partial charge in [0.25, 0.3) is 11.8 Å². The van der Waals surface area contributed by atoms with Gasteiger partial charge in [-0.25, -0.2) is 28.5 Å². The summed E-state index contributed by atoms with van der Waals surface area (Å²) in [4.78, 5) is 82.9. The summed E-state index contributed by atoms with van der Waals surface area (Å²) >= 11 is 7.52. The van der Waals surface area contributed by atoms with Gasteiger partial charge in [-0.15, -0.1) is 0 Å². The first-order valence-corrected chi connectivity index (χ1v) is 31.6. The van der Waals surface area contributed by atoms with Crippen molar-refractivity contribution in [1.82, 2.24) is 30.1 Å². The van der Waals surface area contributed by atoms with E-state index in [0.717, 1.165) is 128 Å². The average Bonchev–Trinajstić information content (AvgIpc) is 0.793. The van der Waals surface area contributed by atoms with Crippen LogP contribution < -0.4 is 41.1 Å². The number of halogens is 3. The summed E-state index contributed by atoms with van der Waals surface area (Å²) in [5.41, 5.74) is 9.45. The molecular formula is C67H70ClF2N11O6S. The second-order valence-corrected chi connectivity index (χ2v) is 24.8. The largest absolute Gasteiger partial charge is 0.478 e. The third-order valence-corrected chi connectivity index (χ3v) is 18.6. The Kier molecular flexibility index (Phi) is 17.6. The van der Waals surface area contributed by atoms with Gasteiger partial charge in [-0.05, 0) is 155 Å². The number of carboxylic acids is 1. The number of hydrogen-bond acceptors (Lipinski definition) is 14. The van der Waals surface area contributed by atoms with Crippen molar-refractivity contribution in [1.29, 1.82) is 0 Å². The topological polar surface area (TPSA) is 198 Å². The van der Waals surface area contributed by atoms with E-state index in [1.807, 2.05) is 30.0 Å². The Hall–Kier alpha value is -8.33. The van der Waals surface area contributed by atoms with Crippen LogP contribution in [0.2, 0.25) is 5.02 Å². The Balaban J connectivity index is 0.775. The van der Waals surface area contributed by atoms with Gasteiger partial charge in [0.1, 0.15) is 45.5 Å². The highest BCUT2D eigenvalue weighted by Crippen LogP contribution is 2.49.